The summed E-state index contributed by atoms with van der Waals surface area (Å²) in [4.78, 5) is 4.18. The fraction of sp³-hybridized carbons (Fsp3) is 0. The van der Waals surface area contributed by atoms with Crippen molar-refractivity contribution in [2.45, 2.75) is 0 Å². The van der Waals surface area contributed by atoms with Gasteiger partial charge in [-0.05, 0) is 56.1 Å². The van der Waals surface area contributed by atoms with Crippen LogP contribution in [0.15, 0.2) is 39.3 Å². The van der Waals surface area contributed by atoms with E-state index in [1.165, 1.54) is 6.07 Å². The van der Waals surface area contributed by atoms with Crippen LogP contribution in [0.25, 0.3) is 16.7 Å². The van der Waals surface area contributed by atoms with Crippen molar-refractivity contribution in [3.63, 3.8) is 0 Å². The van der Waals surface area contributed by atoms with E-state index < -0.39 is 0 Å². The van der Waals surface area contributed by atoms with Crippen LogP contribution in [0.4, 0.5) is 10.3 Å². The van der Waals surface area contributed by atoms with Crippen LogP contribution in [0.1, 0.15) is 0 Å². The zero-order chi connectivity index (χ0) is 14.4. The summed E-state index contributed by atoms with van der Waals surface area (Å²) in [6.07, 6.45) is 0. The summed E-state index contributed by atoms with van der Waals surface area (Å²) in [5.74, 6) is -0.0915. The normalized spacial score (nSPS) is 11.2. The van der Waals surface area contributed by atoms with Gasteiger partial charge in [-0.2, -0.15) is 0 Å². The molecule has 2 aromatic carbocycles. The number of nitrogens with two attached hydrogens (primary N) is 1. The van der Waals surface area contributed by atoms with E-state index in [4.69, 9.17) is 17.3 Å². The molecular formula is C13H7Br2ClFN3. The van der Waals surface area contributed by atoms with Crippen LogP contribution in [0, 0.1) is 5.82 Å². The maximum atomic E-state index is 13.5. The fourth-order valence-electron chi connectivity index (χ4n) is 1.99. The van der Waals surface area contributed by atoms with Crippen molar-refractivity contribution in [3.05, 3.63) is 50.1 Å². The summed E-state index contributed by atoms with van der Waals surface area (Å²) in [6, 6.07) is 8.40. The van der Waals surface area contributed by atoms with Gasteiger partial charge in [0.15, 0.2) is 0 Å². The molecule has 0 radical (unpaired) electrons. The van der Waals surface area contributed by atoms with Gasteiger partial charge >= 0.3 is 0 Å². The highest BCUT2D eigenvalue weighted by Gasteiger charge is 2.13. The molecule has 0 spiro atoms. The Labute approximate surface area is 135 Å². The molecule has 20 heavy (non-hydrogen) atoms. The molecule has 3 aromatic rings. The van der Waals surface area contributed by atoms with Gasteiger partial charge < -0.3 is 5.73 Å². The van der Waals surface area contributed by atoms with Crippen molar-refractivity contribution < 1.29 is 4.39 Å². The molecule has 0 aliphatic carbocycles. The van der Waals surface area contributed by atoms with Crippen molar-refractivity contribution in [2.24, 2.45) is 0 Å². The smallest absolute Gasteiger partial charge is 0.205 e. The molecule has 0 saturated carbocycles. The average molecular weight is 419 g/mol. The van der Waals surface area contributed by atoms with Crippen molar-refractivity contribution in [2.75, 3.05) is 5.73 Å². The number of nitrogen functional groups attached to an aromatic ring is 1. The van der Waals surface area contributed by atoms with Crippen LogP contribution in [-0.4, -0.2) is 9.55 Å². The Hall–Kier alpha value is -1.11. The maximum absolute atomic E-state index is 13.5. The molecule has 1 heterocycles. The molecule has 0 amide bonds. The minimum Gasteiger partial charge on any atom is -0.369 e. The predicted molar refractivity (Wildman–Crippen MR) is 85.9 cm³/mol. The standard InChI is InChI=1S/C13H7Br2ClFN3/c14-7-3-6(1-2-9(7)16)20-12-4-8(15)10(17)5-11(12)19-13(20)18/h1-5H,(H2,18,19). The molecule has 0 atom stereocenters. The first-order chi connectivity index (χ1) is 9.47. The number of aromatic nitrogens is 2. The van der Waals surface area contributed by atoms with E-state index in [-0.39, 0.29) is 11.8 Å². The summed E-state index contributed by atoms with van der Waals surface area (Å²) in [5.41, 5.74) is 7.94. The molecule has 0 saturated heterocycles. The summed E-state index contributed by atoms with van der Waals surface area (Å²) in [6.45, 7) is 0. The van der Waals surface area contributed by atoms with Gasteiger partial charge in [-0.3, -0.25) is 4.57 Å². The number of benzene rings is 2. The highest BCUT2D eigenvalue weighted by Crippen LogP contribution is 2.31. The van der Waals surface area contributed by atoms with E-state index >= 15 is 0 Å². The van der Waals surface area contributed by atoms with Crippen LogP contribution in [0.2, 0.25) is 5.02 Å². The summed E-state index contributed by atoms with van der Waals surface area (Å²) >= 11 is 12.5. The molecular weight excluding hydrogens is 412 g/mol. The van der Waals surface area contributed by atoms with Crippen molar-refractivity contribution in [3.8, 4) is 5.69 Å². The number of anilines is 1. The highest BCUT2D eigenvalue weighted by molar-refractivity contribution is 9.10. The van der Waals surface area contributed by atoms with Gasteiger partial charge in [0.2, 0.25) is 5.95 Å². The third-order valence-electron chi connectivity index (χ3n) is 2.88. The topological polar surface area (TPSA) is 43.8 Å². The first kappa shape index (κ1) is 13.9. The van der Waals surface area contributed by atoms with Crippen molar-refractivity contribution in [1.29, 1.82) is 0 Å². The Morgan fingerprint density at radius 3 is 2.60 bits per heavy atom. The zero-order valence-corrected chi connectivity index (χ0v) is 13.8. The summed E-state index contributed by atoms with van der Waals surface area (Å²) in [7, 11) is 0. The van der Waals surface area contributed by atoms with E-state index in [0.717, 1.165) is 10.2 Å². The summed E-state index contributed by atoms with van der Waals surface area (Å²) in [5, 5.41) is 0.601. The third kappa shape index (κ3) is 2.21. The molecule has 0 bridgehead atoms. The lowest BCUT2D eigenvalue weighted by Crippen LogP contribution is -2.00. The second-order valence-electron chi connectivity index (χ2n) is 4.16. The molecule has 1 aromatic heterocycles. The SMILES string of the molecule is Nc1nc2cc(F)c(Br)cc2n1-c1ccc(Cl)c(Br)c1. The number of rotatable bonds is 1. The number of imidazole rings is 1. The fourth-order valence-corrected chi connectivity index (χ4v) is 2.80. The number of hydrogen-bond acceptors (Lipinski definition) is 2. The Balaban J connectivity index is 2.32. The zero-order valence-electron chi connectivity index (χ0n) is 9.87. The molecule has 0 fully saturated rings. The van der Waals surface area contributed by atoms with Crippen LogP contribution in [0.5, 0.6) is 0 Å². The van der Waals surface area contributed by atoms with Gasteiger partial charge in [0.05, 0.1) is 26.2 Å². The van der Waals surface area contributed by atoms with Crippen molar-refractivity contribution in [1.82, 2.24) is 9.55 Å². The maximum Gasteiger partial charge on any atom is 0.205 e. The molecule has 3 rings (SSSR count). The molecule has 0 aliphatic heterocycles. The van der Waals surface area contributed by atoms with Gasteiger partial charge in [-0.25, -0.2) is 9.37 Å². The Morgan fingerprint density at radius 1 is 1.15 bits per heavy atom. The highest BCUT2D eigenvalue weighted by atomic mass is 79.9. The quantitative estimate of drug-likeness (QED) is 0.608. The summed E-state index contributed by atoms with van der Waals surface area (Å²) < 4.78 is 16.4. The van der Waals surface area contributed by atoms with E-state index in [0.29, 0.717) is 20.5 Å². The van der Waals surface area contributed by atoms with E-state index in [9.17, 15) is 4.39 Å². The Kier molecular flexibility index (Phi) is 3.48. The average Bonchev–Trinajstić information content (AvgIpc) is 2.69. The van der Waals surface area contributed by atoms with Gasteiger partial charge in [-0.15, -0.1) is 0 Å². The molecule has 0 aliphatic rings. The molecule has 2 N–H and O–H groups in total. The Morgan fingerprint density at radius 2 is 1.90 bits per heavy atom. The molecule has 7 heteroatoms. The predicted octanol–water partition coefficient (Wildman–Crippen LogP) is 4.93. The number of fused-ring (bicyclic) bond motifs is 1. The molecule has 102 valence electrons. The Bertz CT molecular complexity index is 832. The minimum atomic E-state index is -0.376. The van der Waals surface area contributed by atoms with E-state index in [1.54, 1.807) is 16.7 Å². The van der Waals surface area contributed by atoms with Gasteiger partial charge in [0.1, 0.15) is 5.82 Å². The first-order valence-electron chi connectivity index (χ1n) is 5.56. The van der Waals surface area contributed by atoms with Crippen LogP contribution in [-0.2, 0) is 0 Å². The van der Waals surface area contributed by atoms with Gasteiger partial charge in [0.25, 0.3) is 0 Å². The first-order valence-corrected chi connectivity index (χ1v) is 7.52. The third-order valence-corrected chi connectivity index (χ3v) is 4.71. The second kappa shape index (κ2) is 5.02. The van der Waals surface area contributed by atoms with Crippen LogP contribution >= 0.6 is 43.5 Å². The lowest BCUT2D eigenvalue weighted by Gasteiger charge is -2.08. The van der Waals surface area contributed by atoms with E-state index in [2.05, 4.69) is 36.8 Å². The largest absolute Gasteiger partial charge is 0.369 e. The van der Waals surface area contributed by atoms with Crippen LogP contribution in [0.3, 0.4) is 0 Å². The van der Waals surface area contributed by atoms with Crippen molar-refractivity contribution >= 4 is 60.4 Å². The molecule has 0 unspecified atom stereocenters. The number of halogens is 4. The minimum absolute atomic E-state index is 0.284. The molecule has 3 nitrogen and oxygen atoms in total. The monoisotopic (exact) mass is 417 g/mol. The number of nitrogens with zero attached hydrogens (tertiary/aromatic N) is 2. The number of hydrogen-bond donors (Lipinski definition) is 1. The van der Waals surface area contributed by atoms with E-state index in [1.807, 2.05) is 12.1 Å². The second-order valence-corrected chi connectivity index (χ2v) is 6.27. The lowest BCUT2D eigenvalue weighted by molar-refractivity contribution is 0.623. The van der Waals surface area contributed by atoms with Gasteiger partial charge in [0, 0.05) is 10.5 Å². The van der Waals surface area contributed by atoms with Crippen LogP contribution < -0.4 is 5.73 Å². The lowest BCUT2D eigenvalue weighted by atomic mass is 10.2. The van der Waals surface area contributed by atoms with Gasteiger partial charge in [-0.1, -0.05) is 11.6 Å².